The molecule has 0 spiro atoms. The second-order valence-corrected chi connectivity index (χ2v) is 4.22. The number of nitrogens with two attached hydrogens (primary N) is 1. The van der Waals surface area contributed by atoms with E-state index in [-0.39, 0.29) is 5.91 Å². The molecule has 2 rings (SSSR count). The van der Waals surface area contributed by atoms with E-state index < -0.39 is 0 Å². The fraction of sp³-hybridized carbons (Fsp3) is 0.300. The van der Waals surface area contributed by atoms with Crippen molar-refractivity contribution >= 4 is 23.4 Å². The quantitative estimate of drug-likeness (QED) is 0.768. The molecule has 1 amide bonds. The van der Waals surface area contributed by atoms with Crippen LogP contribution in [-0.2, 0) is 11.2 Å². The molecule has 0 aromatic heterocycles. The van der Waals surface area contributed by atoms with E-state index >= 15 is 0 Å². The van der Waals surface area contributed by atoms with Gasteiger partial charge in [-0.05, 0) is 30.7 Å². The molecule has 0 radical (unpaired) electrons. The van der Waals surface area contributed by atoms with Gasteiger partial charge < -0.3 is 11.1 Å². The van der Waals surface area contributed by atoms with Gasteiger partial charge in [-0.2, -0.15) is 0 Å². The summed E-state index contributed by atoms with van der Waals surface area (Å²) in [5, 5.41) is 2.86. The van der Waals surface area contributed by atoms with Crippen LogP contribution in [0.2, 0.25) is 0 Å². The zero-order valence-electron chi connectivity index (χ0n) is 7.75. The highest BCUT2D eigenvalue weighted by molar-refractivity contribution is 8.00. The Morgan fingerprint density at radius 2 is 2.36 bits per heavy atom. The molecular weight excluding hydrogens is 196 g/mol. The van der Waals surface area contributed by atoms with Crippen LogP contribution in [0.15, 0.2) is 23.1 Å². The third-order valence-electron chi connectivity index (χ3n) is 2.11. The Labute approximate surface area is 87.1 Å². The summed E-state index contributed by atoms with van der Waals surface area (Å²) in [6.07, 6.45) is 0.855. The first-order chi connectivity index (χ1) is 6.79. The van der Waals surface area contributed by atoms with Crippen LogP contribution < -0.4 is 11.1 Å². The molecule has 1 aromatic carbocycles. The Hall–Kier alpha value is -1.000. The van der Waals surface area contributed by atoms with Crippen molar-refractivity contribution in [2.45, 2.75) is 11.3 Å². The molecule has 3 nitrogen and oxygen atoms in total. The number of amides is 1. The number of hydrogen-bond acceptors (Lipinski definition) is 3. The average Bonchev–Trinajstić information content (AvgIpc) is 2.17. The summed E-state index contributed by atoms with van der Waals surface area (Å²) in [6.45, 7) is 0.639. The molecule has 1 aliphatic rings. The topological polar surface area (TPSA) is 55.1 Å². The molecule has 3 N–H and O–H groups in total. The van der Waals surface area contributed by atoms with E-state index in [1.807, 2.05) is 12.1 Å². The summed E-state index contributed by atoms with van der Waals surface area (Å²) in [6, 6.07) is 6.12. The third-order valence-corrected chi connectivity index (χ3v) is 3.18. The highest BCUT2D eigenvalue weighted by atomic mass is 32.2. The fourth-order valence-electron chi connectivity index (χ4n) is 1.45. The van der Waals surface area contributed by atoms with Gasteiger partial charge in [0.15, 0.2) is 0 Å². The number of benzene rings is 1. The lowest BCUT2D eigenvalue weighted by Gasteiger charge is -2.16. The molecule has 1 heterocycles. The first kappa shape index (κ1) is 9.55. The lowest BCUT2D eigenvalue weighted by Crippen LogP contribution is -2.18. The first-order valence-electron chi connectivity index (χ1n) is 4.55. The second kappa shape index (κ2) is 4.02. The second-order valence-electron chi connectivity index (χ2n) is 3.21. The van der Waals surface area contributed by atoms with Gasteiger partial charge in [0.25, 0.3) is 0 Å². The molecule has 74 valence electrons. The van der Waals surface area contributed by atoms with E-state index in [2.05, 4.69) is 11.4 Å². The van der Waals surface area contributed by atoms with E-state index in [0.717, 1.165) is 17.0 Å². The Kier molecular flexibility index (Phi) is 2.74. The van der Waals surface area contributed by atoms with Crippen molar-refractivity contribution in [3.63, 3.8) is 0 Å². The van der Waals surface area contributed by atoms with Crippen molar-refractivity contribution in [1.29, 1.82) is 0 Å². The maximum absolute atomic E-state index is 11.1. The molecule has 14 heavy (non-hydrogen) atoms. The first-order valence-corrected chi connectivity index (χ1v) is 5.54. The van der Waals surface area contributed by atoms with Crippen molar-refractivity contribution in [2.24, 2.45) is 5.73 Å². The zero-order chi connectivity index (χ0) is 9.97. The van der Waals surface area contributed by atoms with Crippen LogP contribution in [0.25, 0.3) is 0 Å². The predicted octanol–water partition coefficient (Wildman–Crippen LogP) is 1.23. The minimum atomic E-state index is 0.0763. The van der Waals surface area contributed by atoms with Gasteiger partial charge in [-0.25, -0.2) is 0 Å². The molecule has 0 unspecified atom stereocenters. The smallest absolute Gasteiger partial charge is 0.234 e. The number of fused-ring (bicyclic) bond motifs is 1. The standard InChI is InChI=1S/C10H12N2OS/c11-4-3-7-1-2-9-8(5-7)12-10(13)6-14-9/h1-2,5H,3-4,6,11H2,(H,12,13). The largest absolute Gasteiger partial charge is 0.330 e. The minimum absolute atomic E-state index is 0.0763. The molecule has 0 bridgehead atoms. The van der Waals surface area contributed by atoms with E-state index in [4.69, 9.17) is 5.73 Å². The summed E-state index contributed by atoms with van der Waals surface area (Å²) >= 11 is 1.58. The van der Waals surface area contributed by atoms with Crippen LogP contribution in [0.5, 0.6) is 0 Å². The van der Waals surface area contributed by atoms with Crippen molar-refractivity contribution in [3.05, 3.63) is 23.8 Å². The Balaban J connectivity index is 2.28. The Morgan fingerprint density at radius 1 is 1.50 bits per heavy atom. The van der Waals surface area contributed by atoms with Crippen LogP contribution in [0, 0.1) is 0 Å². The summed E-state index contributed by atoms with van der Waals surface area (Å²) in [5.41, 5.74) is 7.57. The zero-order valence-corrected chi connectivity index (χ0v) is 8.56. The number of nitrogens with one attached hydrogen (secondary N) is 1. The maximum Gasteiger partial charge on any atom is 0.234 e. The van der Waals surface area contributed by atoms with E-state index in [9.17, 15) is 4.79 Å². The molecule has 0 saturated heterocycles. The van der Waals surface area contributed by atoms with Crippen LogP contribution in [0.4, 0.5) is 5.69 Å². The van der Waals surface area contributed by atoms with Gasteiger partial charge in [0.05, 0.1) is 11.4 Å². The van der Waals surface area contributed by atoms with Crippen LogP contribution in [-0.4, -0.2) is 18.2 Å². The molecule has 4 heteroatoms. The molecule has 0 atom stereocenters. The van der Waals surface area contributed by atoms with Crippen LogP contribution >= 0.6 is 11.8 Å². The van der Waals surface area contributed by atoms with Gasteiger partial charge in [0.2, 0.25) is 5.91 Å². The number of carbonyl (C=O) groups is 1. The molecule has 1 aromatic rings. The lowest BCUT2D eigenvalue weighted by molar-refractivity contribution is -0.113. The molecule has 1 aliphatic heterocycles. The van der Waals surface area contributed by atoms with E-state index in [1.54, 1.807) is 11.8 Å². The minimum Gasteiger partial charge on any atom is -0.330 e. The third kappa shape index (κ3) is 1.91. The molecular formula is C10H12N2OS. The van der Waals surface area contributed by atoms with E-state index in [1.165, 1.54) is 5.56 Å². The van der Waals surface area contributed by atoms with E-state index in [0.29, 0.717) is 12.3 Å². The highest BCUT2D eigenvalue weighted by Crippen LogP contribution is 2.31. The Morgan fingerprint density at radius 3 is 3.14 bits per heavy atom. The van der Waals surface area contributed by atoms with Gasteiger partial charge in [0.1, 0.15) is 0 Å². The van der Waals surface area contributed by atoms with Gasteiger partial charge in [-0.15, -0.1) is 11.8 Å². The number of rotatable bonds is 2. The van der Waals surface area contributed by atoms with Gasteiger partial charge in [-0.3, -0.25) is 4.79 Å². The molecule has 0 saturated carbocycles. The summed E-state index contributed by atoms with van der Waals surface area (Å²) in [4.78, 5) is 12.3. The monoisotopic (exact) mass is 208 g/mol. The van der Waals surface area contributed by atoms with Crippen LogP contribution in [0.3, 0.4) is 0 Å². The van der Waals surface area contributed by atoms with Gasteiger partial charge in [-0.1, -0.05) is 6.07 Å². The van der Waals surface area contributed by atoms with Crippen molar-refractivity contribution < 1.29 is 4.79 Å². The number of thioether (sulfide) groups is 1. The predicted molar refractivity (Wildman–Crippen MR) is 58.6 cm³/mol. The van der Waals surface area contributed by atoms with Gasteiger partial charge >= 0.3 is 0 Å². The molecule has 0 aliphatic carbocycles. The summed E-state index contributed by atoms with van der Waals surface area (Å²) in [7, 11) is 0. The number of carbonyl (C=O) groups excluding carboxylic acids is 1. The normalized spacial score (nSPS) is 14.8. The average molecular weight is 208 g/mol. The van der Waals surface area contributed by atoms with Gasteiger partial charge in [0, 0.05) is 4.90 Å². The van der Waals surface area contributed by atoms with Crippen molar-refractivity contribution in [2.75, 3.05) is 17.6 Å². The van der Waals surface area contributed by atoms with Crippen molar-refractivity contribution in [1.82, 2.24) is 0 Å². The summed E-state index contributed by atoms with van der Waals surface area (Å²) < 4.78 is 0. The SMILES string of the molecule is NCCc1ccc2c(c1)NC(=O)CS2. The highest BCUT2D eigenvalue weighted by Gasteiger charge is 2.14. The fourth-order valence-corrected chi connectivity index (χ4v) is 2.24. The lowest BCUT2D eigenvalue weighted by atomic mass is 10.1. The summed E-state index contributed by atoms with van der Waals surface area (Å²) in [5.74, 6) is 0.593. The van der Waals surface area contributed by atoms with Crippen LogP contribution in [0.1, 0.15) is 5.56 Å². The number of anilines is 1. The maximum atomic E-state index is 11.1. The van der Waals surface area contributed by atoms with Crippen molar-refractivity contribution in [3.8, 4) is 0 Å². The molecule has 0 fully saturated rings. The Bertz CT molecular complexity index is 365. The number of hydrogen-bond donors (Lipinski definition) is 2.